The Morgan fingerprint density at radius 3 is 0.952 bits per heavy atom. The highest BCUT2D eigenvalue weighted by molar-refractivity contribution is 6.35. The summed E-state index contributed by atoms with van der Waals surface area (Å²) in [6.45, 7) is 38.3. The van der Waals surface area contributed by atoms with Crippen molar-refractivity contribution in [2.75, 3.05) is 0 Å². The molecule has 224 valence electrons. The standard InChI is InChI=1S/C42H56/c1-23(2)27-21-31(41(11,12)13)37-32(42(14,15)16)22-28(24(3)4)35-26-18-20-30(40(8,9)10)36-29(39(5,6)7)19-17-25(33(26)36)34(27)38(35)37/h17-24H,1-16H3. The molecule has 0 N–H and O–H groups in total. The van der Waals surface area contributed by atoms with Gasteiger partial charge in [-0.25, -0.2) is 0 Å². The molecule has 5 aromatic carbocycles. The number of benzene rings is 5. The van der Waals surface area contributed by atoms with E-state index in [2.05, 4.69) is 147 Å². The van der Waals surface area contributed by atoms with Crippen LogP contribution in [-0.2, 0) is 21.7 Å². The first kappa shape index (κ1) is 30.8. The number of rotatable bonds is 2. The lowest BCUT2D eigenvalue weighted by atomic mass is 9.69. The van der Waals surface area contributed by atoms with Crippen molar-refractivity contribution in [1.29, 1.82) is 0 Å². The van der Waals surface area contributed by atoms with Gasteiger partial charge in [-0.05, 0) is 110 Å². The van der Waals surface area contributed by atoms with Crippen molar-refractivity contribution in [3.8, 4) is 0 Å². The molecule has 0 saturated heterocycles. The van der Waals surface area contributed by atoms with E-state index >= 15 is 0 Å². The van der Waals surface area contributed by atoms with Crippen LogP contribution in [-0.4, -0.2) is 0 Å². The van der Waals surface area contributed by atoms with Gasteiger partial charge < -0.3 is 0 Å². The van der Waals surface area contributed by atoms with Gasteiger partial charge in [0.05, 0.1) is 0 Å². The number of fused-ring (bicyclic) bond motifs is 2. The van der Waals surface area contributed by atoms with E-state index in [1.54, 1.807) is 0 Å². The maximum Gasteiger partial charge on any atom is -0.00147 e. The molecule has 0 aliphatic rings. The predicted octanol–water partition coefficient (Wildman–Crippen LogP) is 13.2. The molecule has 0 heterocycles. The maximum atomic E-state index is 2.60. The predicted molar refractivity (Wildman–Crippen MR) is 191 cm³/mol. The third kappa shape index (κ3) is 4.63. The summed E-state index contributed by atoms with van der Waals surface area (Å²) in [4.78, 5) is 0. The van der Waals surface area contributed by atoms with E-state index in [4.69, 9.17) is 0 Å². The largest absolute Gasteiger partial charge is 0.0587 e. The van der Waals surface area contributed by atoms with Crippen LogP contribution < -0.4 is 0 Å². The average molecular weight is 561 g/mol. The fraction of sp³-hybridized carbons (Fsp3) is 0.524. The van der Waals surface area contributed by atoms with Crippen LogP contribution in [0.4, 0.5) is 0 Å². The molecular formula is C42H56. The van der Waals surface area contributed by atoms with Gasteiger partial charge in [0, 0.05) is 0 Å². The van der Waals surface area contributed by atoms with Crippen LogP contribution >= 0.6 is 0 Å². The molecule has 0 amide bonds. The molecule has 5 rings (SSSR count). The van der Waals surface area contributed by atoms with Crippen LogP contribution in [0.15, 0.2) is 36.4 Å². The smallest absolute Gasteiger partial charge is 0.00147 e. The first-order valence-electron chi connectivity index (χ1n) is 16.4. The first-order chi connectivity index (χ1) is 19.1. The van der Waals surface area contributed by atoms with E-state index in [-0.39, 0.29) is 21.7 Å². The van der Waals surface area contributed by atoms with Gasteiger partial charge in [0.2, 0.25) is 0 Å². The maximum absolute atomic E-state index is 2.60. The minimum atomic E-state index is 0.0283. The van der Waals surface area contributed by atoms with Crippen molar-refractivity contribution in [1.82, 2.24) is 0 Å². The van der Waals surface area contributed by atoms with E-state index in [9.17, 15) is 0 Å². The highest BCUT2D eigenvalue weighted by Gasteiger charge is 2.32. The number of hydrogen-bond donors (Lipinski definition) is 0. The summed E-state index contributed by atoms with van der Waals surface area (Å²) in [6.07, 6.45) is 0. The third-order valence-electron chi connectivity index (χ3n) is 9.64. The van der Waals surface area contributed by atoms with E-state index in [1.165, 1.54) is 76.5 Å². The van der Waals surface area contributed by atoms with Gasteiger partial charge in [0.15, 0.2) is 0 Å². The lowest BCUT2D eigenvalue weighted by Gasteiger charge is -2.34. The van der Waals surface area contributed by atoms with Crippen LogP contribution in [0.5, 0.6) is 0 Å². The van der Waals surface area contributed by atoms with Crippen LogP contribution in [0.2, 0.25) is 0 Å². The lowest BCUT2D eigenvalue weighted by molar-refractivity contribution is 0.579. The molecule has 0 fully saturated rings. The van der Waals surface area contributed by atoms with E-state index in [0.717, 1.165) is 0 Å². The van der Waals surface area contributed by atoms with Gasteiger partial charge >= 0.3 is 0 Å². The van der Waals surface area contributed by atoms with Gasteiger partial charge in [-0.3, -0.25) is 0 Å². The molecular weight excluding hydrogens is 504 g/mol. The molecule has 0 atom stereocenters. The zero-order chi connectivity index (χ0) is 31.5. The Hall–Kier alpha value is -2.60. The molecule has 0 heteroatoms. The Bertz CT molecular complexity index is 1700. The minimum absolute atomic E-state index is 0.0283. The molecule has 0 bridgehead atoms. The van der Waals surface area contributed by atoms with Crippen molar-refractivity contribution in [2.45, 2.75) is 144 Å². The van der Waals surface area contributed by atoms with Crippen molar-refractivity contribution >= 4 is 43.1 Å². The summed E-state index contributed by atoms with van der Waals surface area (Å²) in [5, 5.41) is 11.8. The minimum Gasteiger partial charge on any atom is -0.0587 e. The Morgan fingerprint density at radius 1 is 0.357 bits per heavy atom. The quantitative estimate of drug-likeness (QED) is 0.149. The van der Waals surface area contributed by atoms with Gasteiger partial charge in [0.25, 0.3) is 0 Å². The second-order valence-corrected chi connectivity index (χ2v) is 17.9. The summed E-state index contributed by atoms with van der Waals surface area (Å²) in [5.41, 5.74) is 9.03. The lowest BCUT2D eigenvalue weighted by Crippen LogP contribution is -2.20. The second kappa shape index (κ2) is 9.45. The zero-order valence-corrected chi connectivity index (χ0v) is 29.6. The second-order valence-electron chi connectivity index (χ2n) is 17.9. The van der Waals surface area contributed by atoms with Crippen molar-refractivity contribution in [3.63, 3.8) is 0 Å². The number of hydrogen-bond acceptors (Lipinski definition) is 0. The average Bonchev–Trinajstić information content (AvgIpc) is 2.82. The fourth-order valence-electron chi connectivity index (χ4n) is 7.51. The normalized spacial score (nSPS) is 14.1. The SMILES string of the molecule is CC(C)c1cc(C(C)(C)C)c2c(C(C)(C)C)cc(C(C)C)c3c4ccc(C(C)(C)C)c5c(C(C)(C)C)ccc(c1c23)c54. The molecule has 0 radical (unpaired) electrons. The van der Waals surface area contributed by atoms with Crippen LogP contribution in [0.3, 0.4) is 0 Å². The summed E-state index contributed by atoms with van der Waals surface area (Å²) in [5.74, 6) is 0.840. The molecule has 0 saturated carbocycles. The van der Waals surface area contributed by atoms with Crippen LogP contribution in [0.25, 0.3) is 43.1 Å². The van der Waals surface area contributed by atoms with Gasteiger partial charge in [-0.15, -0.1) is 0 Å². The van der Waals surface area contributed by atoms with Crippen molar-refractivity contribution in [3.05, 3.63) is 69.8 Å². The van der Waals surface area contributed by atoms with Crippen LogP contribution in [0.1, 0.15) is 156 Å². The zero-order valence-electron chi connectivity index (χ0n) is 29.6. The molecule has 42 heavy (non-hydrogen) atoms. The Labute approximate surface area is 256 Å². The van der Waals surface area contributed by atoms with E-state index < -0.39 is 0 Å². The fourth-order valence-corrected chi connectivity index (χ4v) is 7.51. The van der Waals surface area contributed by atoms with E-state index in [1.807, 2.05) is 0 Å². The summed E-state index contributed by atoms with van der Waals surface area (Å²) >= 11 is 0. The highest BCUT2D eigenvalue weighted by atomic mass is 14.4. The first-order valence-corrected chi connectivity index (χ1v) is 16.4. The summed E-state index contributed by atoms with van der Waals surface area (Å²) in [7, 11) is 0. The highest BCUT2D eigenvalue weighted by Crippen LogP contribution is 2.53. The van der Waals surface area contributed by atoms with E-state index in [0.29, 0.717) is 11.8 Å². The van der Waals surface area contributed by atoms with Crippen molar-refractivity contribution < 1.29 is 0 Å². The molecule has 0 nitrogen and oxygen atoms in total. The molecule has 0 spiro atoms. The molecule has 0 unspecified atom stereocenters. The van der Waals surface area contributed by atoms with Gasteiger partial charge in [0.1, 0.15) is 0 Å². The molecule has 0 aromatic heterocycles. The van der Waals surface area contributed by atoms with Gasteiger partial charge in [-0.2, -0.15) is 0 Å². The van der Waals surface area contributed by atoms with Crippen molar-refractivity contribution in [2.24, 2.45) is 0 Å². The Morgan fingerprint density at radius 2 is 0.667 bits per heavy atom. The summed E-state index contributed by atoms with van der Waals surface area (Å²) in [6, 6.07) is 15.1. The monoisotopic (exact) mass is 560 g/mol. The Kier molecular flexibility index (Phi) is 6.94. The van der Waals surface area contributed by atoms with Gasteiger partial charge in [-0.1, -0.05) is 147 Å². The molecule has 0 aliphatic carbocycles. The van der Waals surface area contributed by atoms with Crippen LogP contribution in [0, 0.1) is 0 Å². The summed E-state index contributed by atoms with van der Waals surface area (Å²) < 4.78 is 0. The molecule has 0 aliphatic heterocycles. The molecule has 5 aromatic rings. The Balaban J connectivity index is 2.30. The third-order valence-corrected chi connectivity index (χ3v) is 9.64. The topological polar surface area (TPSA) is 0 Å².